The highest BCUT2D eigenvalue weighted by Gasteiger charge is 2.30. The highest BCUT2D eigenvalue weighted by molar-refractivity contribution is 7.90. The minimum atomic E-state index is -3.78. The molecule has 0 spiro atoms. The SMILES string of the molecule is CNS(=O)(=O)Nc1cccc(Oc2c(C(=O)NC3CC3)c(Nc3ccc(C)cc3F)n(C)c(=O)c2C)c1. The van der Waals surface area contributed by atoms with Crippen molar-refractivity contribution in [1.82, 2.24) is 14.6 Å². The Bertz CT molecular complexity index is 1530. The van der Waals surface area contributed by atoms with E-state index in [2.05, 4.69) is 20.1 Å². The number of amides is 1. The third kappa shape index (κ3) is 5.92. The van der Waals surface area contributed by atoms with E-state index in [0.717, 1.165) is 12.8 Å². The van der Waals surface area contributed by atoms with Gasteiger partial charge in [-0.25, -0.2) is 9.11 Å². The fourth-order valence-corrected chi connectivity index (χ4v) is 4.22. The molecule has 0 aliphatic heterocycles. The van der Waals surface area contributed by atoms with Crippen molar-refractivity contribution in [3.8, 4) is 11.5 Å². The van der Waals surface area contributed by atoms with Gasteiger partial charge in [-0.2, -0.15) is 8.42 Å². The second-order valence-corrected chi connectivity index (χ2v) is 10.5. The monoisotopic (exact) mass is 529 g/mol. The molecule has 1 saturated carbocycles. The topological polar surface area (TPSA) is 131 Å². The summed E-state index contributed by atoms with van der Waals surface area (Å²) in [6.07, 6.45) is 1.66. The minimum Gasteiger partial charge on any atom is -0.456 e. The molecule has 1 aromatic heterocycles. The largest absolute Gasteiger partial charge is 0.456 e. The number of hydrogen-bond acceptors (Lipinski definition) is 6. The normalized spacial score (nSPS) is 13.2. The zero-order chi connectivity index (χ0) is 26.9. The summed E-state index contributed by atoms with van der Waals surface area (Å²) in [6, 6.07) is 10.6. The fourth-order valence-electron chi connectivity index (χ4n) is 3.68. The Balaban J connectivity index is 1.83. The van der Waals surface area contributed by atoms with Crippen LogP contribution in [0.15, 0.2) is 47.3 Å². The Morgan fingerprint density at radius 3 is 2.51 bits per heavy atom. The average Bonchev–Trinajstić information content (AvgIpc) is 3.66. The van der Waals surface area contributed by atoms with Gasteiger partial charge in [0.15, 0.2) is 5.75 Å². The van der Waals surface area contributed by atoms with Gasteiger partial charge in [-0.05, 0) is 56.5 Å². The van der Waals surface area contributed by atoms with Crippen LogP contribution in [0.2, 0.25) is 0 Å². The van der Waals surface area contributed by atoms with Gasteiger partial charge in [0.1, 0.15) is 22.9 Å². The molecule has 0 atom stereocenters. The van der Waals surface area contributed by atoms with Crippen LogP contribution in [0.1, 0.15) is 34.3 Å². The van der Waals surface area contributed by atoms with E-state index in [1.807, 2.05) is 0 Å². The molecule has 1 aliphatic carbocycles. The van der Waals surface area contributed by atoms with Crippen molar-refractivity contribution in [3.63, 3.8) is 0 Å². The van der Waals surface area contributed by atoms with Crippen molar-refractivity contribution in [2.24, 2.45) is 7.05 Å². The Morgan fingerprint density at radius 2 is 1.86 bits per heavy atom. The van der Waals surface area contributed by atoms with E-state index >= 15 is 0 Å². The molecule has 10 nitrogen and oxygen atoms in total. The molecule has 37 heavy (non-hydrogen) atoms. The summed E-state index contributed by atoms with van der Waals surface area (Å²) in [6.45, 7) is 3.27. The lowest BCUT2D eigenvalue weighted by molar-refractivity contribution is 0.0948. The predicted octanol–water partition coefficient (Wildman–Crippen LogP) is 3.45. The van der Waals surface area contributed by atoms with Gasteiger partial charge in [-0.1, -0.05) is 12.1 Å². The first-order valence-electron chi connectivity index (χ1n) is 11.6. The van der Waals surface area contributed by atoms with Gasteiger partial charge in [0, 0.05) is 26.2 Å². The maximum Gasteiger partial charge on any atom is 0.298 e. The molecule has 196 valence electrons. The van der Waals surface area contributed by atoms with Gasteiger partial charge in [0.2, 0.25) is 0 Å². The molecule has 1 amide bonds. The molecule has 0 unspecified atom stereocenters. The van der Waals surface area contributed by atoms with Crippen LogP contribution in [-0.4, -0.2) is 32.0 Å². The molecule has 0 radical (unpaired) electrons. The number of rotatable bonds is 9. The van der Waals surface area contributed by atoms with E-state index in [9.17, 15) is 22.4 Å². The van der Waals surface area contributed by atoms with E-state index in [1.165, 1.54) is 49.9 Å². The number of aryl methyl sites for hydroxylation is 1. The average molecular weight is 530 g/mol. The number of hydrogen-bond donors (Lipinski definition) is 4. The van der Waals surface area contributed by atoms with Crippen LogP contribution < -0.4 is 30.4 Å². The molecule has 3 aromatic rings. The lowest BCUT2D eigenvalue weighted by atomic mass is 10.1. The number of anilines is 3. The van der Waals surface area contributed by atoms with Crippen molar-refractivity contribution >= 4 is 33.3 Å². The molecule has 1 heterocycles. The van der Waals surface area contributed by atoms with Gasteiger partial charge in [-0.15, -0.1) is 0 Å². The zero-order valence-corrected chi connectivity index (χ0v) is 21.6. The van der Waals surface area contributed by atoms with Crippen LogP contribution >= 0.6 is 0 Å². The minimum absolute atomic E-state index is 0.00105. The molecule has 4 N–H and O–H groups in total. The lowest BCUT2D eigenvalue weighted by Crippen LogP contribution is -2.31. The summed E-state index contributed by atoms with van der Waals surface area (Å²) in [5.41, 5.74) is 0.717. The maximum absolute atomic E-state index is 14.7. The third-order valence-corrected chi connectivity index (χ3v) is 6.90. The van der Waals surface area contributed by atoms with Gasteiger partial charge in [0.25, 0.3) is 21.7 Å². The predicted molar refractivity (Wildman–Crippen MR) is 139 cm³/mol. The Kier molecular flexibility index (Phi) is 7.23. The van der Waals surface area contributed by atoms with Crippen LogP contribution in [0.5, 0.6) is 11.5 Å². The number of ether oxygens (including phenoxy) is 1. The molecular weight excluding hydrogens is 501 g/mol. The lowest BCUT2D eigenvalue weighted by Gasteiger charge is -2.21. The molecule has 1 aliphatic rings. The number of carbonyl (C=O) groups is 1. The van der Waals surface area contributed by atoms with Crippen molar-refractivity contribution in [2.45, 2.75) is 32.7 Å². The molecular formula is C25H28FN5O5S. The van der Waals surface area contributed by atoms with Crippen LogP contribution in [0, 0.1) is 19.7 Å². The van der Waals surface area contributed by atoms with E-state index in [-0.39, 0.29) is 45.9 Å². The van der Waals surface area contributed by atoms with Gasteiger partial charge >= 0.3 is 0 Å². The number of nitrogens with one attached hydrogen (secondary N) is 4. The number of aromatic nitrogens is 1. The molecule has 1 fully saturated rings. The van der Waals surface area contributed by atoms with Gasteiger partial charge in [0.05, 0.1) is 16.9 Å². The summed E-state index contributed by atoms with van der Waals surface area (Å²) < 4.78 is 50.3. The number of halogens is 1. The molecule has 2 aromatic carbocycles. The molecule has 4 rings (SSSR count). The summed E-state index contributed by atoms with van der Waals surface area (Å²) in [5, 5.41) is 5.80. The molecule has 0 saturated heterocycles. The van der Waals surface area contributed by atoms with Crippen LogP contribution in [0.25, 0.3) is 0 Å². The van der Waals surface area contributed by atoms with E-state index in [4.69, 9.17) is 4.74 Å². The van der Waals surface area contributed by atoms with Gasteiger partial charge < -0.3 is 15.4 Å². The number of carbonyl (C=O) groups excluding carboxylic acids is 1. The first kappa shape index (κ1) is 26.2. The zero-order valence-electron chi connectivity index (χ0n) is 20.8. The van der Waals surface area contributed by atoms with Crippen LogP contribution in [-0.2, 0) is 17.3 Å². The second-order valence-electron chi connectivity index (χ2n) is 8.84. The number of pyridine rings is 1. The summed E-state index contributed by atoms with van der Waals surface area (Å²) in [4.78, 5) is 26.6. The van der Waals surface area contributed by atoms with Crippen LogP contribution in [0.4, 0.5) is 21.6 Å². The fraction of sp³-hybridized carbons (Fsp3) is 0.280. The highest BCUT2D eigenvalue weighted by atomic mass is 32.2. The number of nitrogens with zero attached hydrogens (tertiary/aromatic N) is 1. The smallest absolute Gasteiger partial charge is 0.298 e. The highest BCUT2D eigenvalue weighted by Crippen LogP contribution is 2.35. The van der Waals surface area contributed by atoms with E-state index < -0.39 is 27.5 Å². The molecule has 12 heteroatoms. The van der Waals surface area contributed by atoms with E-state index in [1.54, 1.807) is 25.1 Å². The summed E-state index contributed by atoms with van der Waals surface area (Å²) in [7, 11) is -1.03. The second kappa shape index (κ2) is 10.2. The Hall–Kier alpha value is -3.90. The van der Waals surface area contributed by atoms with E-state index in [0.29, 0.717) is 5.56 Å². The first-order chi connectivity index (χ1) is 17.5. The van der Waals surface area contributed by atoms with Crippen molar-refractivity contribution in [2.75, 3.05) is 17.1 Å². The quantitative estimate of drug-likeness (QED) is 0.336. The van der Waals surface area contributed by atoms with Crippen molar-refractivity contribution < 1.29 is 22.3 Å². The summed E-state index contributed by atoms with van der Waals surface area (Å²) in [5.74, 6) is -0.823. The summed E-state index contributed by atoms with van der Waals surface area (Å²) >= 11 is 0. The Morgan fingerprint density at radius 1 is 1.14 bits per heavy atom. The maximum atomic E-state index is 14.7. The van der Waals surface area contributed by atoms with Crippen molar-refractivity contribution in [3.05, 3.63) is 75.3 Å². The van der Waals surface area contributed by atoms with Crippen molar-refractivity contribution in [1.29, 1.82) is 0 Å². The molecule has 0 bridgehead atoms. The Labute approximate surface area is 214 Å². The standard InChI is InChI=1S/C25H28FN5O5S/c1-14-8-11-20(19(26)12-14)29-23-21(24(32)28-16-9-10-16)22(15(2)25(33)31(23)4)36-18-7-5-6-17(13-18)30-37(34,35)27-3/h5-8,11-13,16,27,29-30H,9-10H2,1-4H3,(H,28,32). The van der Waals surface area contributed by atoms with Crippen LogP contribution in [0.3, 0.4) is 0 Å². The first-order valence-corrected chi connectivity index (χ1v) is 13.0. The number of benzene rings is 2. The van der Waals surface area contributed by atoms with Gasteiger partial charge in [-0.3, -0.25) is 18.9 Å². The third-order valence-electron chi connectivity index (χ3n) is 5.86.